The maximum absolute atomic E-state index is 11.1. The molecule has 1 heterocycles. The summed E-state index contributed by atoms with van der Waals surface area (Å²) in [6.45, 7) is 4.64. The fourth-order valence-electron chi connectivity index (χ4n) is 2.44. The van der Waals surface area contributed by atoms with Gasteiger partial charge < -0.3 is 10.2 Å². The van der Waals surface area contributed by atoms with Gasteiger partial charge in [-0.3, -0.25) is 4.79 Å². The number of carbonyl (C=O) groups excluding carboxylic acids is 1. The van der Waals surface area contributed by atoms with Crippen molar-refractivity contribution in [3.05, 3.63) is 65.5 Å². The van der Waals surface area contributed by atoms with Crippen molar-refractivity contribution in [1.82, 2.24) is 9.88 Å². The summed E-state index contributed by atoms with van der Waals surface area (Å²) in [6, 6.07) is 18.4. The molecule has 0 saturated heterocycles. The van der Waals surface area contributed by atoms with Gasteiger partial charge >= 0.3 is 0 Å². The molecule has 0 aliphatic rings. The Morgan fingerprint density at radius 2 is 1.84 bits per heavy atom. The monoisotopic (exact) mass is 351 g/mol. The number of nitrogens with zero attached hydrogens (tertiary/aromatic N) is 2. The van der Waals surface area contributed by atoms with Crippen molar-refractivity contribution in [2.75, 3.05) is 5.32 Å². The van der Waals surface area contributed by atoms with Crippen molar-refractivity contribution in [2.24, 2.45) is 0 Å². The van der Waals surface area contributed by atoms with Crippen LogP contribution in [0.1, 0.15) is 19.4 Å². The summed E-state index contributed by atoms with van der Waals surface area (Å²) < 4.78 is 0. The average molecular weight is 351 g/mol. The predicted molar refractivity (Wildman–Crippen MR) is 104 cm³/mol. The van der Waals surface area contributed by atoms with E-state index in [2.05, 4.69) is 27.8 Å². The number of aromatic nitrogens is 1. The third-order valence-corrected chi connectivity index (χ3v) is 4.70. The van der Waals surface area contributed by atoms with Crippen LogP contribution in [-0.2, 0) is 11.3 Å². The molecule has 3 aromatic rings. The van der Waals surface area contributed by atoms with Crippen molar-refractivity contribution in [2.45, 2.75) is 26.4 Å². The maximum Gasteiger partial charge on any atom is 0.210 e. The second kappa shape index (κ2) is 7.94. The molecule has 128 valence electrons. The molecule has 1 amide bonds. The summed E-state index contributed by atoms with van der Waals surface area (Å²) in [5.74, 6) is 0. The second-order valence-corrected chi connectivity index (χ2v) is 6.96. The highest BCUT2D eigenvalue weighted by molar-refractivity contribution is 7.14. The average Bonchev–Trinajstić information content (AvgIpc) is 3.10. The lowest BCUT2D eigenvalue weighted by atomic mass is 10.2. The number of carbonyl (C=O) groups is 1. The van der Waals surface area contributed by atoms with Crippen LogP contribution < -0.4 is 5.32 Å². The van der Waals surface area contributed by atoms with Gasteiger partial charge in [0.1, 0.15) is 0 Å². The summed E-state index contributed by atoms with van der Waals surface area (Å²) in [6.07, 6.45) is 0.900. The molecule has 0 unspecified atom stereocenters. The summed E-state index contributed by atoms with van der Waals surface area (Å²) >= 11 is 1.58. The smallest absolute Gasteiger partial charge is 0.210 e. The number of thiazole rings is 1. The molecule has 1 aromatic heterocycles. The molecule has 5 heteroatoms. The van der Waals surface area contributed by atoms with Crippen LogP contribution in [0.25, 0.3) is 11.3 Å². The third-order valence-electron chi connectivity index (χ3n) is 3.94. The predicted octanol–water partition coefficient (Wildman–Crippen LogP) is 4.92. The van der Waals surface area contributed by atoms with Gasteiger partial charge in [-0.25, -0.2) is 4.98 Å². The van der Waals surface area contributed by atoms with Gasteiger partial charge in [-0.2, -0.15) is 0 Å². The van der Waals surface area contributed by atoms with Gasteiger partial charge in [-0.1, -0.05) is 42.5 Å². The minimum absolute atomic E-state index is 0.196. The first kappa shape index (κ1) is 17.2. The van der Waals surface area contributed by atoms with E-state index in [4.69, 9.17) is 0 Å². The van der Waals surface area contributed by atoms with Gasteiger partial charge in [0, 0.05) is 29.2 Å². The van der Waals surface area contributed by atoms with Gasteiger partial charge in [0.2, 0.25) is 6.41 Å². The summed E-state index contributed by atoms with van der Waals surface area (Å²) in [5.41, 5.74) is 4.18. The molecule has 0 atom stereocenters. The summed E-state index contributed by atoms with van der Waals surface area (Å²) in [4.78, 5) is 17.5. The second-order valence-electron chi connectivity index (χ2n) is 6.10. The van der Waals surface area contributed by atoms with E-state index < -0.39 is 0 Å². The molecule has 0 fully saturated rings. The first-order chi connectivity index (χ1) is 12.2. The van der Waals surface area contributed by atoms with Crippen LogP contribution in [0.15, 0.2) is 60.0 Å². The van der Waals surface area contributed by atoms with Crippen LogP contribution in [0.3, 0.4) is 0 Å². The zero-order valence-electron chi connectivity index (χ0n) is 14.3. The van der Waals surface area contributed by atoms with Gasteiger partial charge in [0.25, 0.3) is 0 Å². The zero-order valence-corrected chi connectivity index (χ0v) is 15.2. The van der Waals surface area contributed by atoms with E-state index in [1.807, 2.05) is 56.3 Å². The van der Waals surface area contributed by atoms with Gasteiger partial charge in [0.05, 0.1) is 5.69 Å². The molecule has 0 aliphatic carbocycles. The lowest BCUT2D eigenvalue weighted by Gasteiger charge is -2.21. The Hall–Kier alpha value is -2.66. The van der Waals surface area contributed by atoms with Crippen molar-refractivity contribution in [1.29, 1.82) is 0 Å². The molecule has 0 spiro atoms. The van der Waals surface area contributed by atoms with Crippen molar-refractivity contribution in [3.8, 4) is 11.3 Å². The minimum Gasteiger partial charge on any atom is -0.339 e. The summed E-state index contributed by atoms with van der Waals surface area (Å²) in [5, 5.41) is 6.25. The van der Waals surface area contributed by atoms with Crippen LogP contribution in [-0.4, -0.2) is 22.3 Å². The molecule has 25 heavy (non-hydrogen) atoms. The highest BCUT2D eigenvalue weighted by Gasteiger charge is 2.08. The molecular weight excluding hydrogens is 330 g/mol. The van der Waals surface area contributed by atoms with Crippen molar-refractivity contribution >= 4 is 28.6 Å². The number of hydrogen-bond acceptors (Lipinski definition) is 4. The van der Waals surface area contributed by atoms with E-state index >= 15 is 0 Å². The molecule has 0 bridgehead atoms. The Kier molecular flexibility index (Phi) is 5.46. The number of anilines is 2. The highest BCUT2D eigenvalue weighted by atomic mass is 32.1. The Balaban J connectivity index is 1.66. The van der Waals surface area contributed by atoms with E-state index in [9.17, 15) is 4.79 Å². The van der Waals surface area contributed by atoms with Crippen LogP contribution in [0, 0.1) is 0 Å². The molecule has 1 N–H and O–H groups in total. The van der Waals surface area contributed by atoms with Crippen LogP contribution in [0.2, 0.25) is 0 Å². The van der Waals surface area contributed by atoms with E-state index in [-0.39, 0.29) is 6.04 Å². The third kappa shape index (κ3) is 4.45. The Bertz CT molecular complexity index is 812. The zero-order chi connectivity index (χ0) is 17.6. The number of amides is 1. The standard InChI is InChI=1S/C20H21N3OS/c1-15(2)23(14-24)12-16-8-10-18(11-9-16)21-20-22-19(13-25-20)17-6-4-3-5-7-17/h3-11,13-15H,12H2,1-2H3,(H,21,22). The van der Waals surface area contributed by atoms with Gasteiger partial charge in [-0.05, 0) is 31.5 Å². The lowest BCUT2D eigenvalue weighted by molar-refractivity contribution is -0.120. The van der Waals surface area contributed by atoms with Crippen LogP contribution in [0.5, 0.6) is 0 Å². The quantitative estimate of drug-likeness (QED) is 0.615. The maximum atomic E-state index is 11.1. The SMILES string of the molecule is CC(C)N(C=O)Cc1ccc(Nc2nc(-c3ccccc3)cs2)cc1. The molecule has 2 aromatic carbocycles. The van der Waals surface area contributed by atoms with E-state index in [1.54, 1.807) is 16.2 Å². The van der Waals surface area contributed by atoms with Gasteiger partial charge in [0.15, 0.2) is 5.13 Å². The largest absolute Gasteiger partial charge is 0.339 e. The van der Waals surface area contributed by atoms with Crippen LogP contribution >= 0.6 is 11.3 Å². The fraction of sp³-hybridized carbons (Fsp3) is 0.200. The molecule has 3 rings (SSSR count). The molecule has 0 aliphatic heterocycles. The number of hydrogen-bond donors (Lipinski definition) is 1. The van der Waals surface area contributed by atoms with E-state index in [0.717, 1.165) is 34.0 Å². The number of nitrogens with one attached hydrogen (secondary N) is 1. The fourth-order valence-corrected chi connectivity index (χ4v) is 3.18. The van der Waals surface area contributed by atoms with Crippen molar-refractivity contribution < 1.29 is 4.79 Å². The summed E-state index contributed by atoms with van der Waals surface area (Å²) in [7, 11) is 0. The van der Waals surface area contributed by atoms with E-state index in [1.165, 1.54) is 0 Å². The Labute approximate surface area is 152 Å². The first-order valence-corrected chi connectivity index (χ1v) is 9.11. The molecule has 4 nitrogen and oxygen atoms in total. The number of rotatable bonds is 7. The highest BCUT2D eigenvalue weighted by Crippen LogP contribution is 2.27. The molecule has 0 saturated carbocycles. The van der Waals surface area contributed by atoms with Crippen LogP contribution in [0.4, 0.5) is 10.8 Å². The van der Waals surface area contributed by atoms with Crippen molar-refractivity contribution in [3.63, 3.8) is 0 Å². The van der Waals surface area contributed by atoms with Gasteiger partial charge in [-0.15, -0.1) is 11.3 Å². The van der Waals surface area contributed by atoms with E-state index in [0.29, 0.717) is 6.54 Å². The Morgan fingerprint density at radius 3 is 2.48 bits per heavy atom. The number of benzene rings is 2. The molecule has 0 radical (unpaired) electrons. The Morgan fingerprint density at radius 1 is 1.12 bits per heavy atom. The first-order valence-electron chi connectivity index (χ1n) is 8.23. The minimum atomic E-state index is 0.196. The normalized spacial score (nSPS) is 10.7. The molecular formula is C20H21N3OS. The lowest BCUT2D eigenvalue weighted by Crippen LogP contribution is -2.28. The topological polar surface area (TPSA) is 45.2 Å².